The molecule has 132 valence electrons. The average Bonchev–Trinajstić information content (AvgIpc) is 3.25. The first-order chi connectivity index (χ1) is 12.2. The summed E-state index contributed by atoms with van der Waals surface area (Å²) in [6.45, 7) is 3.98. The van der Waals surface area contributed by atoms with E-state index >= 15 is 0 Å². The molecule has 0 amide bonds. The number of ether oxygens (including phenoxy) is 1. The summed E-state index contributed by atoms with van der Waals surface area (Å²) in [5.41, 5.74) is 3.08. The molecule has 0 aliphatic carbocycles. The van der Waals surface area contributed by atoms with Gasteiger partial charge in [-0.2, -0.15) is 10.2 Å². The number of aromatic nitrogens is 5. The molecule has 1 fully saturated rings. The lowest BCUT2D eigenvalue weighted by atomic mass is 9.96. The van der Waals surface area contributed by atoms with Crippen LogP contribution in [-0.2, 0) is 11.8 Å². The van der Waals surface area contributed by atoms with Crippen molar-refractivity contribution >= 4 is 5.65 Å². The van der Waals surface area contributed by atoms with Crippen molar-refractivity contribution in [2.24, 2.45) is 7.05 Å². The lowest BCUT2D eigenvalue weighted by Crippen LogP contribution is -2.35. The summed E-state index contributed by atoms with van der Waals surface area (Å²) in [5, 5.41) is 8.99. The Hall–Kier alpha value is -2.25. The number of methoxy groups -OCH3 is 1. The minimum atomic E-state index is 0.443. The predicted molar refractivity (Wildman–Crippen MR) is 95.5 cm³/mol. The fraction of sp³-hybridized carbons (Fsp3) is 0.500. The van der Waals surface area contributed by atoms with Gasteiger partial charge in [0.15, 0.2) is 11.5 Å². The molecular weight excluding hydrogens is 316 g/mol. The first kappa shape index (κ1) is 16.2. The molecule has 1 aliphatic rings. The van der Waals surface area contributed by atoms with Crippen LogP contribution in [0.2, 0.25) is 0 Å². The Kier molecular flexibility index (Phi) is 4.50. The molecule has 4 rings (SSSR count). The second-order valence-electron chi connectivity index (χ2n) is 6.64. The zero-order chi connectivity index (χ0) is 17.2. The normalized spacial score (nSPS) is 16.7. The van der Waals surface area contributed by atoms with Crippen molar-refractivity contribution in [3.8, 4) is 11.3 Å². The highest BCUT2D eigenvalue weighted by Crippen LogP contribution is 2.26. The van der Waals surface area contributed by atoms with Crippen LogP contribution < -0.4 is 0 Å². The van der Waals surface area contributed by atoms with Crippen molar-refractivity contribution < 1.29 is 4.74 Å². The molecule has 0 saturated carbocycles. The SMILES string of the molecule is COCCN1CCC(c2nc3ccc(-c4ccnn4C)cn3n2)CC1. The van der Waals surface area contributed by atoms with Gasteiger partial charge in [0.2, 0.25) is 0 Å². The highest BCUT2D eigenvalue weighted by Gasteiger charge is 2.23. The van der Waals surface area contributed by atoms with Crippen molar-refractivity contribution in [3.63, 3.8) is 0 Å². The molecule has 0 aromatic carbocycles. The number of rotatable bonds is 5. The Morgan fingerprint density at radius 3 is 2.76 bits per heavy atom. The number of piperidine rings is 1. The zero-order valence-corrected chi connectivity index (χ0v) is 14.8. The summed E-state index contributed by atoms with van der Waals surface area (Å²) in [7, 11) is 3.71. The summed E-state index contributed by atoms with van der Waals surface area (Å²) in [5.74, 6) is 1.41. The van der Waals surface area contributed by atoms with Crippen LogP contribution in [0.25, 0.3) is 16.9 Å². The van der Waals surface area contributed by atoms with Crippen molar-refractivity contribution in [2.45, 2.75) is 18.8 Å². The minimum Gasteiger partial charge on any atom is -0.383 e. The predicted octanol–water partition coefficient (Wildman–Crippen LogP) is 1.96. The molecule has 7 heteroatoms. The van der Waals surface area contributed by atoms with Crippen LogP contribution in [0, 0.1) is 0 Å². The fourth-order valence-electron chi connectivity index (χ4n) is 3.52. The Morgan fingerprint density at radius 1 is 1.20 bits per heavy atom. The molecule has 0 bridgehead atoms. The van der Waals surface area contributed by atoms with Crippen molar-refractivity contribution in [1.29, 1.82) is 0 Å². The molecule has 0 N–H and O–H groups in total. The van der Waals surface area contributed by atoms with E-state index in [2.05, 4.69) is 16.1 Å². The van der Waals surface area contributed by atoms with Crippen LogP contribution in [-0.4, -0.2) is 62.6 Å². The van der Waals surface area contributed by atoms with E-state index in [1.807, 2.05) is 40.8 Å². The number of hydrogen-bond donors (Lipinski definition) is 0. The van der Waals surface area contributed by atoms with Crippen LogP contribution in [0.5, 0.6) is 0 Å². The molecule has 0 unspecified atom stereocenters. The molecule has 0 spiro atoms. The van der Waals surface area contributed by atoms with Crippen molar-refractivity contribution in [2.75, 3.05) is 33.4 Å². The van der Waals surface area contributed by atoms with Gasteiger partial charge in [-0.3, -0.25) is 4.68 Å². The maximum absolute atomic E-state index is 5.17. The monoisotopic (exact) mass is 340 g/mol. The molecule has 0 radical (unpaired) electrons. The molecule has 1 aliphatic heterocycles. The van der Waals surface area contributed by atoms with Crippen LogP contribution in [0.1, 0.15) is 24.6 Å². The topological polar surface area (TPSA) is 60.5 Å². The van der Waals surface area contributed by atoms with E-state index in [4.69, 9.17) is 14.8 Å². The van der Waals surface area contributed by atoms with Crippen LogP contribution in [0.4, 0.5) is 0 Å². The number of hydrogen-bond acceptors (Lipinski definition) is 5. The summed E-state index contributed by atoms with van der Waals surface area (Å²) in [6.07, 6.45) is 6.06. The maximum Gasteiger partial charge on any atom is 0.155 e. The molecule has 1 saturated heterocycles. The van der Waals surface area contributed by atoms with Gasteiger partial charge in [-0.1, -0.05) is 0 Å². The van der Waals surface area contributed by atoms with Crippen LogP contribution in [0.15, 0.2) is 30.6 Å². The van der Waals surface area contributed by atoms with E-state index in [1.165, 1.54) is 0 Å². The van der Waals surface area contributed by atoms with Gasteiger partial charge in [0.05, 0.1) is 12.3 Å². The Morgan fingerprint density at radius 2 is 2.04 bits per heavy atom. The van der Waals surface area contributed by atoms with Gasteiger partial charge < -0.3 is 9.64 Å². The molecule has 3 aromatic heterocycles. The third-order valence-electron chi connectivity index (χ3n) is 5.03. The van der Waals surface area contributed by atoms with E-state index in [0.717, 1.165) is 61.8 Å². The number of aryl methyl sites for hydroxylation is 1. The molecule has 3 aromatic rings. The molecule has 25 heavy (non-hydrogen) atoms. The van der Waals surface area contributed by atoms with E-state index in [-0.39, 0.29) is 0 Å². The summed E-state index contributed by atoms with van der Waals surface area (Å²) in [4.78, 5) is 7.21. The number of nitrogens with zero attached hydrogens (tertiary/aromatic N) is 6. The molecule has 7 nitrogen and oxygen atoms in total. The van der Waals surface area contributed by atoms with E-state index in [0.29, 0.717) is 5.92 Å². The second-order valence-corrected chi connectivity index (χ2v) is 6.64. The van der Waals surface area contributed by atoms with Gasteiger partial charge in [0.25, 0.3) is 0 Å². The molecule has 4 heterocycles. The van der Waals surface area contributed by atoms with Gasteiger partial charge in [-0.15, -0.1) is 0 Å². The van der Waals surface area contributed by atoms with Gasteiger partial charge in [-0.05, 0) is 44.1 Å². The third-order valence-corrected chi connectivity index (χ3v) is 5.03. The van der Waals surface area contributed by atoms with Crippen molar-refractivity contribution in [1.82, 2.24) is 29.3 Å². The lowest BCUT2D eigenvalue weighted by molar-refractivity contribution is 0.129. The Labute approximate surface area is 147 Å². The van der Waals surface area contributed by atoms with E-state index in [9.17, 15) is 0 Å². The molecule has 0 atom stereocenters. The van der Waals surface area contributed by atoms with E-state index < -0.39 is 0 Å². The highest BCUT2D eigenvalue weighted by atomic mass is 16.5. The standard InChI is InChI=1S/C18H24N6O/c1-22-16(5-8-19-22)15-3-4-17-20-18(21-24(17)13-15)14-6-9-23(10-7-14)11-12-25-2/h3-5,8,13-14H,6-7,9-12H2,1-2H3. The second kappa shape index (κ2) is 6.93. The van der Waals surface area contributed by atoms with Crippen molar-refractivity contribution in [3.05, 3.63) is 36.4 Å². The summed E-state index contributed by atoms with van der Waals surface area (Å²) >= 11 is 0. The largest absolute Gasteiger partial charge is 0.383 e. The minimum absolute atomic E-state index is 0.443. The Bertz CT molecular complexity index is 846. The summed E-state index contributed by atoms with van der Waals surface area (Å²) < 4.78 is 8.94. The quantitative estimate of drug-likeness (QED) is 0.710. The fourth-order valence-corrected chi connectivity index (χ4v) is 3.52. The Balaban J connectivity index is 1.51. The number of pyridine rings is 1. The van der Waals surface area contributed by atoms with Gasteiger partial charge in [0.1, 0.15) is 0 Å². The lowest BCUT2D eigenvalue weighted by Gasteiger charge is -2.30. The smallest absolute Gasteiger partial charge is 0.155 e. The maximum atomic E-state index is 5.17. The first-order valence-electron chi connectivity index (χ1n) is 8.80. The molecular formula is C18H24N6O. The number of likely N-dealkylation sites (tertiary alicyclic amines) is 1. The van der Waals surface area contributed by atoms with Crippen LogP contribution in [0.3, 0.4) is 0 Å². The van der Waals surface area contributed by atoms with Gasteiger partial charge >= 0.3 is 0 Å². The number of fused-ring (bicyclic) bond motifs is 1. The average molecular weight is 340 g/mol. The van der Waals surface area contributed by atoms with E-state index in [1.54, 1.807) is 7.11 Å². The third kappa shape index (κ3) is 3.29. The summed E-state index contributed by atoms with van der Waals surface area (Å²) in [6, 6.07) is 6.12. The highest BCUT2D eigenvalue weighted by molar-refractivity contribution is 5.60. The first-order valence-corrected chi connectivity index (χ1v) is 8.80. The van der Waals surface area contributed by atoms with Gasteiger partial charge in [-0.25, -0.2) is 9.50 Å². The zero-order valence-electron chi connectivity index (χ0n) is 14.8. The van der Waals surface area contributed by atoms with Crippen LogP contribution >= 0.6 is 0 Å². The van der Waals surface area contributed by atoms with Gasteiger partial charge in [0, 0.05) is 44.6 Å².